The number of carbonyl (C=O) groups is 3. The molecule has 0 aromatic rings. The number of ketones is 1. The lowest BCUT2D eigenvalue weighted by atomic mass is 9.47. The molecule has 0 heterocycles. The monoisotopic (exact) mass is 512 g/mol. The van der Waals surface area contributed by atoms with E-state index < -0.39 is 29.2 Å². The summed E-state index contributed by atoms with van der Waals surface area (Å²) in [5.41, 5.74) is 1.31. The fourth-order valence-electron chi connectivity index (χ4n) is 7.88. The van der Waals surface area contributed by atoms with Crippen LogP contribution in [0.1, 0.15) is 86.5 Å². The Balaban J connectivity index is 1.98. The van der Waals surface area contributed by atoms with Gasteiger partial charge in [-0.05, 0) is 92.1 Å². The van der Waals surface area contributed by atoms with E-state index in [1.165, 1.54) is 18.1 Å². The van der Waals surface area contributed by atoms with Gasteiger partial charge in [0, 0.05) is 18.4 Å². The second kappa shape index (κ2) is 9.68. The maximum Gasteiger partial charge on any atom is 0.310 e. The summed E-state index contributed by atoms with van der Waals surface area (Å²) in [4.78, 5) is 35.8. The van der Waals surface area contributed by atoms with Crippen LogP contribution in [-0.2, 0) is 14.4 Å². The van der Waals surface area contributed by atoms with E-state index in [4.69, 9.17) is 0 Å². The van der Waals surface area contributed by atoms with Crippen molar-refractivity contribution < 1.29 is 29.7 Å². The number of fused-ring (bicyclic) bond motifs is 3. The number of carboxylic acid groups (broad SMARTS) is 2. The van der Waals surface area contributed by atoms with Gasteiger partial charge in [0.25, 0.3) is 0 Å². The number of allylic oxidation sites excluding steroid dienone is 5. The molecule has 0 bridgehead atoms. The van der Waals surface area contributed by atoms with Crippen LogP contribution in [0.5, 0.6) is 0 Å². The minimum atomic E-state index is -1.32. The van der Waals surface area contributed by atoms with E-state index in [1.54, 1.807) is 6.92 Å². The number of carboxylic acids is 2. The molecule has 6 nitrogen and oxygen atoms in total. The quantitative estimate of drug-likeness (QED) is 0.240. The van der Waals surface area contributed by atoms with E-state index in [2.05, 4.69) is 46.1 Å². The van der Waals surface area contributed by atoms with Crippen molar-refractivity contribution in [3.05, 3.63) is 47.6 Å². The molecule has 3 rings (SSSR count). The van der Waals surface area contributed by atoms with Crippen LogP contribution >= 0.6 is 0 Å². The van der Waals surface area contributed by atoms with Gasteiger partial charge < -0.3 is 15.3 Å². The first kappa shape index (κ1) is 29.1. The van der Waals surface area contributed by atoms with Crippen molar-refractivity contribution in [2.24, 2.45) is 34.0 Å². The third-order valence-corrected chi connectivity index (χ3v) is 10.5. The van der Waals surface area contributed by atoms with Crippen LogP contribution in [0.25, 0.3) is 0 Å². The number of rotatable bonds is 10. The first-order valence-electron chi connectivity index (χ1n) is 13.4. The van der Waals surface area contributed by atoms with Crippen LogP contribution < -0.4 is 0 Å². The molecule has 0 saturated heterocycles. The molecule has 6 heteroatoms. The van der Waals surface area contributed by atoms with Gasteiger partial charge >= 0.3 is 11.9 Å². The third kappa shape index (κ3) is 4.67. The van der Waals surface area contributed by atoms with Crippen molar-refractivity contribution in [3.63, 3.8) is 0 Å². The van der Waals surface area contributed by atoms with Gasteiger partial charge in [0.05, 0.1) is 11.5 Å². The van der Waals surface area contributed by atoms with E-state index in [-0.39, 0.29) is 46.5 Å². The molecule has 3 N–H and O–H groups in total. The minimum Gasteiger partial charge on any atom is -0.481 e. The van der Waals surface area contributed by atoms with Gasteiger partial charge in [-0.1, -0.05) is 51.7 Å². The van der Waals surface area contributed by atoms with Crippen molar-refractivity contribution in [1.82, 2.24) is 0 Å². The average Bonchev–Trinajstić information content (AvgIpc) is 3.08. The zero-order chi connectivity index (χ0) is 28.1. The Morgan fingerprint density at radius 1 is 1.14 bits per heavy atom. The molecule has 0 spiro atoms. The maximum absolute atomic E-state index is 12.9. The van der Waals surface area contributed by atoms with Gasteiger partial charge in [0.2, 0.25) is 0 Å². The zero-order valence-corrected chi connectivity index (χ0v) is 23.3. The molecular formula is C31H44O6. The molecule has 1 saturated carbocycles. The van der Waals surface area contributed by atoms with Crippen molar-refractivity contribution >= 4 is 17.7 Å². The number of Topliss-reactive ketones (excluding diaryl/α,β-unsaturated/α-hetero) is 1. The van der Waals surface area contributed by atoms with Gasteiger partial charge in [-0.2, -0.15) is 0 Å². The lowest BCUT2D eigenvalue weighted by molar-refractivity contribution is -0.141. The maximum atomic E-state index is 12.9. The molecule has 3 aliphatic carbocycles. The van der Waals surface area contributed by atoms with E-state index in [1.807, 2.05) is 6.92 Å². The lowest BCUT2D eigenvalue weighted by Gasteiger charge is -2.57. The summed E-state index contributed by atoms with van der Waals surface area (Å²) in [5.74, 6) is -3.33. The van der Waals surface area contributed by atoms with Crippen LogP contribution in [-0.4, -0.2) is 38.6 Å². The summed E-state index contributed by atoms with van der Waals surface area (Å²) in [5, 5.41) is 30.5. The highest BCUT2D eigenvalue weighted by atomic mass is 16.4. The Morgan fingerprint density at radius 2 is 1.76 bits per heavy atom. The lowest BCUT2D eigenvalue weighted by Crippen LogP contribution is -2.51. The van der Waals surface area contributed by atoms with E-state index in [0.717, 1.165) is 24.8 Å². The third-order valence-electron chi connectivity index (χ3n) is 10.5. The fraction of sp³-hybridized carbons (Fsp3) is 0.645. The van der Waals surface area contributed by atoms with Crippen molar-refractivity contribution in [3.8, 4) is 0 Å². The minimum absolute atomic E-state index is 0.0135. The summed E-state index contributed by atoms with van der Waals surface area (Å²) >= 11 is 0. The first-order chi connectivity index (χ1) is 16.9. The summed E-state index contributed by atoms with van der Waals surface area (Å²) in [6.45, 7) is 19.7. The SMILES string of the molecule is C=C(C(=O)CC(C)(O)[C@H]1CC[C@@]2(C)C3=CC[C@H](C(=C)C)[C@](C)(CCC(=O)O)C3=CC[C@]12C)C(C)C(=O)O. The molecule has 0 aromatic carbocycles. The fourth-order valence-corrected chi connectivity index (χ4v) is 7.88. The standard InChI is InChI=1S/C31H44O6/c1-18(2)21-9-10-23-22(28(21,5)14-13-26(33)34)11-15-30(7)25(12-16-29(23,30)6)31(8,37)17-24(32)19(3)20(4)27(35)36/h10-11,20-21,25,37H,1,3,9,12-17H2,2,4-8H3,(H,33,34)(H,35,36)/t20?,21-,25+,28+,29+,30-,31?/m1/s1. The number of carbonyl (C=O) groups excluding carboxylic acids is 1. The van der Waals surface area contributed by atoms with E-state index >= 15 is 0 Å². The number of aliphatic carboxylic acids is 2. The van der Waals surface area contributed by atoms with Gasteiger partial charge in [-0.25, -0.2) is 0 Å². The second-order valence-corrected chi connectivity index (χ2v) is 12.8. The molecule has 0 aliphatic heterocycles. The Hall–Kier alpha value is -2.47. The highest BCUT2D eigenvalue weighted by Gasteiger charge is 2.63. The molecular weight excluding hydrogens is 468 g/mol. The highest BCUT2D eigenvalue weighted by molar-refractivity contribution is 6.00. The molecule has 7 atom stereocenters. The molecule has 204 valence electrons. The number of hydrogen-bond donors (Lipinski definition) is 3. The van der Waals surface area contributed by atoms with Crippen LogP contribution in [0.4, 0.5) is 0 Å². The second-order valence-electron chi connectivity index (χ2n) is 12.8. The number of aliphatic hydroxyl groups is 1. The van der Waals surface area contributed by atoms with E-state index in [0.29, 0.717) is 12.8 Å². The molecule has 0 amide bonds. The van der Waals surface area contributed by atoms with Crippen LogP contribution in [0, 0.1) is 34.0 Å². The Labute approximate surface area is 221 Å². The van der Waals surface area contributed by atoms with Crippen LogP contribution in [0.2, 0.25) is 0 Å². The average molecular weight is 513 g/mol. The van der Waals surface area contributed by atoms with Gasteiger partial charge in [0.1, 0.15) is 0 Å². The van der Waals surface area contributed by atoms with Crippen molar-refractivity contribution in [2.45, 2.75) is 92.1 Å². The predicted molar refractivity (Wildman–Crippen MR) is 144 cm³/mol. The molecule has 0 radical (unpaired) electrons. The molecule has 3 aliphatic rings. The normalized spacial score (nSPS) is 35.2. The Kier molecular flexibility index (Phi) is 7.61. The summed E-state index contributed by atoms with van der Waals surface area (Å²) < 4.78 is 0. The van der Waals surface area contributed by atoms with Crippen molar-refractivity contribution in [2.75, 3.05) is 0 Å². The molecule has 0 aromatic heterocycles. The molecule has 1 fully saturated rings. The molecule has 2 unspecified atom stereocenters. The molecule has 37 heavy (non-hydrogen) atoms. The summed E-state index contributed by atoms with van der Waals surface area (Å²) in [6, 6.07) is 0. The Morgan fingerprint density at radius 3 is 2.30 bits per heavy atom. The topological polar surface area (TPSA) is 112 Å². The first-order valence-corrected chi connectivity index (χ1v) is 13.4. The smallest absolute Gasteiger partial charge is 0.310 e. The van der Waals surface area contributed by atoms with Crippen molar-refractivity contribution in [1.29, 1.82) is 0 Å². The summed E-state index contributed by atoms with van der Waals surface area (Å²) in [7, 11) is 0. The summed E-state index contributed by atoms with van der Waals surface area (Å²) in [6.07, 6.45) is 8.13. The van der Waals surface area contributed by atoms with Crippen LogP contribution in [0.15, 0.2) is 47.6 Å². The predicted octanol–water partition coefficient (Wildman–Crippen LogP) is 6.12. The highest BCUT2D eigenvalue weighted by Crippen LogP contribution is 2.70. The van der Waals surface area contributed by atoms with Gasteiger partial charge in [-0.15, -0.1) is 0 Å². The zero-order valence-electron chi connectivity index (χ0n) is 23.3. The van der Waals surface area contributed by atoms with Crippen LogP contribution in [0.3, 0.4) is 0 Å². The largest absolute Gasteiger partial charge is 0.481 e. The Bertz CT molecular complexity index is 1090. The van der Waals surface area contributed by atoms with Gasteiger partial charge in [-0.3, -0.25) is 14.4 Å². The number of hydrogen-bond acceptors (Lipinski definition) is 4. The van der Waals surface area contributed by atoms with Gasteiger partial charge in [0.15, 0.2) is 5.78 Å². The van der Waals surface area contributed by atoms with E-state index in [9.17, 15) is 29.7 Å².